The summed E-state index contributed by atoms with van der Waals surface area (Å²) in [4.78, 5) is 0. The number of aryl methyl sites for hydroxylation is 1. The molecule has 0 unspecified atom stereocenters. The van der Waals surface area contributed by atoms with E-state index in [0.717, 1.165) is 5.11 Å². The predicted octanol–water partition coefficient (Wildman–Crippen LogP) is 3.57. The topological polar surface area (TPSA) is 24.1 Å². The van der Waals surface area contributed by atoms with Crippen LogP contribution in [0.4, 0.5) is 5.69 Å². The fourth-order valence-corrected chi connectivity index (χ4v) is 2.17. The van der Waals surface area contributed by atoms with Gasteiger partial charge >= 0.3 is 0 Å². The van der Waals surface area contributed by atoms with E-state index in [0.29, 0.717) is 12.0 Å². The van der Waals surface area contributed by atoms with E-state index in [1.54, 1.807) is 0 Å². The Morgan fingerprint density at radius 1 is 1.35 bits per heavy atom. The zero-order valence-electron chi connectivity index (χ0n) is 10.7. The number of nitrogens with one attached hydrogen (secondary N) is 2. The second-order valence-corrected chi connectivity index (χ2v) is 5.47. The summed E-state index contributed by atoms with van der Waals surface area (Å²) in [6.45, 7) is 6.53. The Morgan fingerprint density at radius 3 is 2.65 bits per heavy atom. The van der Waals surface area contributed by atoms with Crippen LogP contribution in [0.2, 0.25) is 0 Å². The lowest BCUT2D eigenvalue weighted by Gasteiger charge is -2.18. The normalized spacial score (nSPS) is 14.8. The van der Waals surface area contributed by atoms with Gasteiger partial charge < -0.3 is 10.6 Å². The molecule has 0 aliphatic heterocycles. The van der Waals surface area contributed by atoms with Crippen LogP contribution < -0.4 is 10.6 Å². The van der Waals surface area contributed by atoms with Crippen LogP contribution in [0, 0.1) is 6.92 Å². The van der Waals surface area contributed by atoms with Crippen LogP contribution in [0.5, 0.6) is 0 Å². The van der Waals surface area contributed by atoms with Gasteiger partial charge in [0.1, 0.15) is 0 Å². The molecule has 1 aromatic carbocycles. The van der Waals surface area contributed by atoms with E-state index in [1.165, 1.54) is 29.7 Å². The predicted molar refractivity (Wildman–Crippen MR) is 77.6 cm³/mol. The van der Waals surface area contributed by atoms with Crippen LogP contribution in [0.1, 0.15) is 43.7 Å². The van der Waals surface area contributed by atoms with Crippen molar-refractivity contribution in [2.45, 2.75) is 45.6 Å². The van der Waals surface area contributed by atoms with Gasteiger partial charge in [0.05, 0.1) is 0 Å². The molecular weight excluding hydrogens is 228 g/mol. The molecule has 0 heterocycles. The highest BCUT2D eigenvalue weighted by Gasteiger charge is 2.22. The average molecular weight is 248 g/mol. The van der Waals surface area contributed by atoms with E-state index >= 15 is 0 Å². The van der Waals surface area contributed by atoms with Gasteiger partial charge in [0, 0.05) is 11.7 Å². The van der Waals surface area contributed by atoms with Crippen LogP contribution >= 0.6 is 12.2 Å². The van der Waals surface area contributed by atoms with E-state index < -0.39 is 0 Å². The second-order valence-electron chi connectivity index (χ2n) is 5.07. The molecule has 1 fully saturated rings. The fraction of sp³-hybridized carbons (Fsp3) is 0.500. The van der Waals surface area contributed by atoms with Gasteiger partial charge in [0.15, 0.2) is 5.11 Å². The van der Waals surface area contributed by atoms with E-state index in [-0.39, 0.29) is 0 Å². The largest absolute Gasteiger partial charge is 0.360 e. The molecule has 92 valence electrons. The van der Waals surface area contributed by atoms with Crippen LogP contribution in [-0.2, 0) is 0 Å². The van der Waals surface area contributed by atoms with E-state index in [1.807, 2.05) is 0 Å². The molecule has 0 atom stereocenters. The van der Waals surface area contributed by atoms with Gasteiger partial charge in [-0.3, -0.25) is 0 Å². The molecule has 0 aromatic heterocycles. The number of hydrogen-bond donors (Lipinski definition) is 2. The highest BCUT2D eigenvalue weighted by atomic mass is 32.1. The van der Waals surface area contributed by atoms with Crippen LogP contribution in [-0.4, -0.2) is 11.2 Å². The third-order valence-corrected chi connectivity index (χ3v) is 3.30. The van der Waals surface area contributed by atoms with Crippen LogP contribution in [0.3, 0.4) is 0 Å². The van der Waals surface area contributed by atoms with Crippen molar-refractivity contribution in [3.8, 4) is 0 Å². The maximum atomic E-state index is 5.34. The van der Waals surface area contributed by atoms with Crippen molar-refractivity contribution in [2.75, 3.05) is 5.32 Å². The molecule has 0 saturated heterocycles. The molecule has 2 rings (SSSR count). The number of rotatable bonds is 3. The van der Waals surface area contributed by atoms with E-state index in [2.05, 4.69) is 49.6 Å². The first kappa shape index (κ1) is 12.4. The van der Waals surface area contributed by atoms with Crippen molar-refractivity contribution in [1.82, 2.24) is 5.32 Å². The minimum Gasteiger partial charge on any atom is -0.360 e. The molecule has 17 heavy (non-hydrogen) atoms. The number of thiocarbonyl (C=S) groups is 1. The molecule has 0 bridgehead atoms. The van der Waals surface area contributed by atoms with Gasteiger partial charge in [0.25, 0.3) is 0 Å². The Bertz CT molecular complexity index is 422. The van der Waals surface area contributed by atoms with Crippen molar-refractivity contribution in [3.05, 3.63) is 29.3 Å². The zero-order chi connectivity index (χ0) is 12.4. The molecule has 0 amide bonds. The maximum Gasteiger partial charge on any atom is 0.171 e. The van der Waals surface area contributed by atoms with Crippen molar-refractivity contribution in [1.29, 1.82) is 0 Å². The number of anilines is 1. The Labute approximate surface area is 109 Å². The number of benzene rings is 1. The smallest absolute Gasteiger partial charge is 0.171 e. The van der Waals surface area contributed by atoms with Gasteiger partial charge in [-0.15, -0.1) is 0 Å². The Morgan fingerprint density at radius 2 is 2.06 bits per heavy atom. The SMILES string of the molecule is Cc1cccc(C(C)C)c1NC(=S)NC1CC1. The molecule has 2 nitrogen and oxygen atoms in total. The lowest BCUT2D eigenvalue weighted by Crippen LogP contribution is -2.30. The summed E-state index contributed by atoms with van der Waals surface area (Å²) in [5, 5.41) is 7.42. The van der Waals surface area contributed by atoms with Crippen molar-refractivity contribution in [3.63, 3.8) is 0 Å². The monoisotopic (exact) mass is 248 g/mol. The standard InChI is InChI=1S/C14H20N2S/c1-9(2)12-6-4-5-10(3)13(12)16-14(17)15-11-7-8-11/h4-6,9,11H,7-8H2,1-3H3,(H2,15,16,17). The highest BCUT2D eigenvalue weighted by molar-refractivity contribution is 7.80. The van der Waals surface area contributed by atoms with E-state index in [4.69, 9.17) is 12.2 Å². The van der Waals surface area contributed by atoms with Gasteiger partial charge in [-0.25, -0.2) is 0 Å². The molecule has 3 heteroatoms. The summed E-state index contributed by atoms with van der Waals surface area (Å²) >= 11 is 5.34. The number of para-hydroxylation sites is 1. The number of hydrogen-bond acceptors (Lipinski definition) is 1. The molecule has 1 aliphatic carbocycles. The van der Waals surface area contributed by atoms with Crippen LogP contribution in [0.15, 0.2) is 18.2 Å². The summed E-state index contributed by atoms with van der Waals surface area (Å²) < 4.78 is 0. The maximum absolute atomic E-state index is 5.34. The first-order valence-corrected chi connectivity index (χ1v) is 6.65. The molecule has 2 N–H and O–H groups in total. The Balaban J connectivity index is 2.14. The summed E-state index contributed by atoms with van der Waals surface area (Å²) in [5.74, 6) is 0.501. The molecular formula is C14H20N2S. The first-order chi connectivity index (χ1) is 8.08. The van der Waals surface area contributed by atoms with Gasteiger partial charge in [-0.05, 0) is 49.0 Å². The van der Waals surface area contributed by atoms with Gasteiger partial charge in [0.2, 0.25) is 0 Å². The quantitative estimate of drug-likeness (QED) is 0.800. The third-order valence-electron chi connectivity index (χ3n) is 3.08. The zero-order valence-corrected chi connectivity index (χ0v) is 11.5. The first-order valence-electron chi connectivity index (χ1n) is 6.25. The van der Waals surface area contributed by atoms with E-state index in [9.17, 15) is 0 Å². The second kappa shape index (κ2) is 5.05. The lowest BCUT2D eigenvalue weighted by atomic mass is 9.98. The molecule has 1 aromatic rings. The van der Waals surface area contributed by atoms with Crippen molar-refractivity contribution >= 4 is 23.0 Å². The fourth-order valence-electron chi connectivity index (χ4n) is 1.91. The van der Waals surface area contributed by atoms with Gasteiger partial charge in [-0.1, -0.05) is 32.0 Å². The minimum atomic E-state index is 0.501. The summed E-state index contributed by atoms with van der Waals surface area (Å²) in [6, 6.07) is 6.99. The molecule has 1 saturated carbocycles. The molecule has 1 aliphatic rings. The highest BCUT2D eigenvalue weighted by Crippen LogP contribution is 2.27. The van der Waals surface area contributed by atoms with Crippen molar-refractivity contribution in [2.24, 2.45) is 0 Å². The van der Waals surface area contributed by atoms with Crippen LogP contribution in [0.25, 0.3) is 0 Å². The molecule has 0 radical (unpaired) electrons. The van der Waals surface area contributed by atoms with Crippen molar-refractivity contribution < 1.29 is 0 Å². The Hall–Kier alpha value is -1.09. The third kappa shape index (κ3) is 3.19. The summed E-state index contributed by atoms with van der Waals surface area (Å²) in [7, 11) is 0. The lowest BCUT2D eigenvalue weighted by molar-refractivity contribution is 0.866. The average Bonchev–Trinajstić information content (AvgIpc) is 3.04. The molecule has 0 spiro atoms. The Kier molecular flexibility index (Phi) is 3.67. The minimum absolute atomic E-state index is 0.501. The summed E-state index contributed by atoms with van der Waals surface area (Å²) in [6.07, 6.45) is 2.49. The summed E-state index contributed by atoms with van der Waals surface area (Å²) in [5.41, 5.74) is 3.74. The van der Waals surface area contributed by atoms with Gasteiger partial charge in [-0.2, -0.15) is 0 Å².